The van der Waals surface area contributed by atoms with E-state index in [4.69, 9.17) is 0 Å². The summed E-state index contributed by atoms with van der Waals surface area (Å²) in [5.74, 6) is 0.483. The van der Waals surface area contributed by atoms with Gasteiger partial charge in [-0.05, 0) is 13.8 Å². The molecule has 2 aromatic rings. The van der Waals surface area contributed by atoms with Crippen LogP contribution < -0.4 is 0 Å². The molecule has 8 nitrogen and oxygen atoms in total. The minimum Gasteiger partial charge on any atom is -0.348 e. The van der Waals surface area contributed by atoms with Gasteiger partial charge in [0.1, 0.15) is 0 Å². The number of hydrogen-bond donors (Lipinski definition) is 1. The molecule has 142 valence electrons. The number of rotatable bonds is 4. The van der Waals surface area contributed by atoms with Crippen molar-refractivity contribution in [1.82, 2.24) is 29.5 Å². The normalized spacial score (nSPS) is 26.3. The largest absolute Gasteiger partial charge is 0.348 e. The Morgan fingerprint density at radius 3 is 2.35 bits per heavy atom. The Labute approximate surface area is 154 Å². The van der Waals surface area contributed by atoms with Crippen molar-refractivity contribution in [2.75, 3.05) is 24.6 Å². The predicted molar refractivity (Wildman–Crippen MR) is 98.3 cm³/mol. The number of fused-ring (bicyclic) bond motifs is 1. The highest BCUT2D eigenvalue weighted by molar-refractivity contribution is 7.91. The van der Waals surface area contributed by atoms with Gasteiger partial charge >= 0.3 is 0 Å². The van der Waals surface area contributed by atoms with Gasteiger partial charge in [0.05, 0.1) is 29.7 Å². The molecule has 0 aliphatic carbocycles. The molecule has 1 N–H and O–H groups in total. The molecule has 2 aromatic heterocycles. The standard InChI is InChI=1S/C17H26N6O2S/c1-12-15(19-11-18-12)8-23-5-4-22(7-14-6-20-21(3)13(14)2)16-9-26(24,25)10-17(16)23/h6,11,16-17H,4-5,7-10H2,1-3H3,(H,18,19)/t16-,17+/m0/s1. The molecule has 0 radical (unpaired) electrons. The van der Waals surface area contributed by atoms with E-state index in [0.717, 1.165) is 36.7 Å². The number of nitrogens with zero attached hydrogens (tertiary/aromatic N) is 5. The van der Waals surface area contributed by atoms with Crippen molar-refractivity contribution in [1.29, 1.82) is 0 Å². The van der Waals surface area contributed by atoms with E-state index in [2.05, 4.69) is 31.8 Å². The lowest BCUT2D eigenvalue weighted by Crippen LogP contribution is -2.58. The summed E-state index contributed by atoms with van der Waals surface area (Å²) in [6.45, 7) is 7.22. The molecule has 0 amide bonds. The molecule has 2 saturated heterocycles. The number of aromatic amines is 1. The van der Waals surface area contributed by atoms with Gasteiger partial charge in [-0.3, -0.25) is 14.5 Å². The van der Waals surface area contributed by atoms with Crippen LogP contribution in [-0.4, -0.2) is 74.6 Å². The Balaban J connectivity index is 1.55. The van der Waals surface area contributed by atoms with E-state index in [1.165, 1.54) is 5.56 Å². The van der Waals surface area contributed by atoms with Crippen molar-refractivity contribution in [3.05, 3.63) is 35.2 Å². The first kappa shape index (κ1) is 17.7. The first-order valence-electron chi connectivity index (χ1n) is 8.99. The Kier molecular flexibility index (Phi) is 4.40. The van der Waals surface area contributed by atoms with Crippen LogP contribution in [0.2, 0.25) is 0 Å². The summed E-state index contributed by atoms with van der Waals surface area (Å²) in [5, 5.41) is 4.32. The maximum Gasteiger partial charge on any atom is 0.153 e. The second-order valence-corrected chi connectivity index (χ2v) is 9.66. The number of sulfone groups is 1. The van der Waals surface area contributed by atoms with Crippen LogP contribution in [0.1, 0.15) is 22.6 Å². The van der Waals surface area contributed by atoms with Gasteiger partial charge in [-0.15, -0.1) is 0 Å². The van der Waals surface area contributed by atoms with Gasteiger partial charge in [0.2, 0.25) is 0 Å². The lowest BCUT2D eigenvalue weighted by molar-refractivity contribution is 0.0346. The van der Waals surface area contributed by atoms with Crippen molar-refractivity contribution >= 4 is 9.84 Å². The molecular weight excluding hydrogens is 352 g/mol. The Hall–Kier alpha value is -1.71. The maximum atomic E-state index is 12.4. The van der Waals surface area contributed by atoms with E-state index in [9.17, 15) is 8.42 Å². The monoisotopic (exact) mass is 378 g/mol. The van der Waals surface area contributed by atoms with Crippen LogP contribution in [0.25, 0.3) is 0 Å². The van der Waals surface area contributed by atoms with E-state index < -0.39 is 9.84 Å². The lowest BCUT2D eigenvalue weighted by Gasteiger charge is -2.43. The van der Waals surface area contributed by atoms with Crippen LogP contribution in [0.15, 0.2) is 12.5 Å². The van der Waals surface area contributed by atoms with Gasteiger partial charge in [-0.25, -0.2) is 13.4 Å². The summed E-state index contributed by atoms with van der Waals surface area (Å²) in [5.41, 5.74) is 4.37. The van der Waals surface area contributed by atoms with Crippen molar-refractivity contribution in [2.45, 2.75) is 39.0 Å². The molecule has 4 rings (SSSR count). The number of aryl methyl sites for hydroxylation is 2. The third-order valence-corrected chi connectivity index (χ3v) is 7.60. The highest BCUT2D eigenvalue weighted by atomic mass is 32.2. The summed E-state index contributed by atoms with van der Waals surface area (Å²) in [7, 11) is -1.08. The average Bonchev–Trinajstić information content (AvgIpc) is 3.23. The number of aromatic nitrogens is 4. The zero-order chi connectivity index (χ0) is 18.5. The summed E-state index contributed by atoms with van der Waals surface area (Å²) in [6, 6.07) is 0.0643. The van der Waals surface area contributed by atoms with Gasteiger partial charge in [-0.1, -0.05) is 0 Å². The van der Waals surface area contributed by atoms with E-state index in [1.807, 2.05) is 24.9 Å². The van der Waals surface area contributed by atoms with Crippen molar-refractivity contribution in [3.63, 3.8) is 0 Å². The van der Waals surface area contributed by atoms with Crippen LogP contribution in [0.5, 0.6) is 0 Å². The smallest absolute Gasteiger partial charge is 0.153 e. The number of H-pyrrole nitrogens is 1. The van der Waals surface area contributed by atoms with Crippen molar-refractivity contribution in [3.8, 4) is 0 Å². The fraction of sp³-hybridized carbons (Fsp3) is 0.647. The van der Waals surface area contributed by atoms with Crippen LogP contribution in [-0.2, 0) is 30.0 Å². The van der Waals surface area contributed by atoms with E-state index in [0.29, 0.717) is 6.54 Å². The van der Waals surface area contributed by atoms with E-state index >= 15 is 0 Å². The minimum absolute atomic E-state index is 0.0295. The Bertz CT molecular complexity index is 902. The molecule has 0 saturated carbocycles. The van der Waals surface area contributed by atoms with Gasteiger partial charge < -0.3 is 4.98 Å². The van der Waals surface area contributed by atoms with Crippen molar-refractivity contribution < 1.29 is 8.42 Å². The third kappa shape index (κ3) is 3.19. The van der Waals surface area contributed by atoms with Gasteiger partial charge in [0.15, 0.2) is 9.84 Å². The second kappa shape index (κ2) is 6.47. The van der Waals surface area contributed by atoms with Crippen LogP contribution in [0, 0.1) is 13.8 Å². The third-order valence-electron chi connectivity index (χ3n) is 5.90. The Morgan fingerprint density at radius 1 is 1.15 bits per heavy atom. The molecule has 2 aliphatic heterocycles. The fourth-order valence-electron chi connectivity index (χ4n) is 4.15. The summed E-state index contributed by atoms with van der Waals surface area (Å²) < 4.78 is 26.6. The molecule has 2 aliphatic rings. The molecule has 26 heavy (non-hydrogen) atoms. The van der Waals surface area contributed by atoms with Crippen LogP contribution in [0.3, 0.4) is 0 Å². The SMILES string of the molecule is Cc1[nH]cnc1CN1CCN(Cc2cnn(C)c2C)[C@H]2CS(=O)(=O)C[C@H]21. The number of piperazine rings is 1. The van der Waals surface area contributed by atoms with Gasteiger partial charge in [0.25, 0.3) is 0 Å². The number of hydrogen-bond acceptors (Lipinski definition) is 6. The van der Waals surface area contributed by atoms with Crippen LogP contribution in [0.4, 0.5) is 0 Å². The zero-order valence-electron chi connectivity index (χ0n) is 15.5. The van der Waals surface area contributed by atoms with Crippen molar-refractivity contribution in [2.24, 2.45) is 7.05 Å². The molecule has 0 spiro atoms. The predicted octanol–water partition coefficient (Wildman–Crippen LogP) is 0.243. The maximum absolute atomic E-state index is 12.4. The molecule has 0 bridgehead atoms. The topological polar surface area (TPSA) is 87.1 Å². The van der Waals surface area contributed by atoms with E-state index in [-0.39, 0.29) is 23.6 Å². The average molecular weight is 379 g/mol. The van der Waals surface area contributed by atoms with E-state index in [1.54, 1.807) is 6.33 Å². The molecule has 2 atom stereocenters. The quantitative estimate of drug-likeness (QED) is 0.820. The molecule has 2 fully saturated rings. The molecular formula is C17H26N6O2S. The first-order valence-corrected chi connectivity index (χ1v) is 10.8. The summed E-state index contributed by atoms with van der Waals surface area (Å²) >= 11 is 0. The summed E-state index contributed by atoms with van der Waals surface area (Å²) in [6.07, 6.45) is 3.60. The fourth-order valence-corrected chi connectivity index (χ4v) is 6.19. The van der Waals surface area contributed by atoms with Gasteiger partial charge in [0, 0.05) is 62.3 Å². The first-order chi connectivity index (χ1) is 12.3. The lowest BCUT2D eigenvalue weighted by atomic mass is 10.0. The molecule has 4 heterocycles. The number of nitrogens with one attached hydrogen (secondary N) is 1. The zero-order valence-corrected chi connectivity index (χ0v) is 16.3. The van der Waals surface area contributed by atoms with Gasteiger partial charge in [-0.2, -0.15) is 5.10 Å². The molecule has 0 unspecified atom stereocenters. The number of imidazole rings is 1. The summed E-state index contributed by atoms with van der Waals surface area (Å²) in [4.78, 5) is 12.1. The highest BCUT2D eigenvalue weighted by Crippen LogP contribution is 2.29. The Morgan fingerprint density at radius 2 is 1.81 bits per heavy atom. The van der Waals surface area contributed by atoms with Crippen LogP contribution >= 0.6 is 0 Å². The highest BCUT2D eigenvalue weighted by Gasteiger charge is 2.46. The molecule has 9 heteroatoms. The second-order valence-electron chi connectivity index (χ2n) is 7.51. The minimum atomic E-state index is -3.01. The molecule has 0 aromatic carbocycles.